The Labute approximate surface area is 197 Å². The molecular weight excluding hydrogens is 458 g/mol. The predicted molar refractivity (Wildman–Crippen MR) is 128 cm³/mol. The van der Waals surface area contributed by atoms with Crippen LogP contribution in [0.4, 0.5) is 4.79 Å². The van der Waals surface area contributed by atoms with E-state index in [4.69, 9.17) is 4.18 Å². The summed E-state index contributed by atoms with van der Waals surface area (Å²) in [4.78, 5) is 26.8. The summed E-state index contributed by atoms with van der Waals surface area (Å²) < 4.78 is 30.4. The van der Waals surface area contributed by atoms with E-state index in [1.807, 2.05) is 38.1 Å². The predicted octanol–water partition coefficient (Wildman–Crippen LogP) is 5.31. The number of thioether (sulfide) groups is 1. The smallest absolute Gasteiger partial charge is 0.339 e. The van der Waals surface area contributed by atoms with Crippen LogP contribution in [0.15, 0.2) is 82.6 Å². The van der Waals surface area contributed by atoms with E-state index >= 15 is 0 Å². The summed E-state index contributed by atoms with van der Waals surface area (Å²) in [5.41, 5.74) is 3.41. The molecular formula is C25H21NO5S2. The number of benzene rings is 3. The molecule has 0 saturated carbocycles. The number of hydrogen-bond acceptors (Lipinski definition) is 6. The van der Waals surface area contributed by atoms with E-state index in [-0.39, 0.29) is 33.2 Å². The van der Waals surface area contributed by atoms with Gasteiger partial charge >= 0.3 is 10.1 Å². The van der Waals surface area contributed by atoms with Gasteiger partial charge in [-0.2, -0.15) is 8.42 Å². The lowest BCUT2D eigenvalue weighted by Crippen LogP contribution is -2.27. The maximum Gasteiger partial charge on any atom is 0.339 e. The summed E-state index contributed by atoms with van der Waals surface area (Å²) in [5, 5.41) is -0.345. The maximum absolute atomic E-state index is 12.8. The molecule has 0 atom stereocenters. The van der Waals surface area contributed by atoms with Crippen molar-refractivity contribution in [2.45, 2.75) is 25.3 Å². The lowest BCUT2D eigenvalue weighted by molar-refractivity contribution is -0.123. The van der Waals surface area contributed by atoms with Gasteiger partial charge in [0, 0.05) is 0 Å². The van der Waals surface area contributed by atoms with E-state index in [0.717, 1.165) is 28.5 Å². The van der Waals surface area contributed by atoms with Crippen LogP contribution >= 0.6 is 11.8 Å². The molecule has 0 radical (unpaired) electrons. The molecule has 8 heteroatoms. The quantitative estimate of drug-likeness (QED) is 0.352. The van der Waals surface area contributed by atoms with Crippen LogP contribution in [0.25, 0.3) is 6.08 Å². The SMILES string of the molecule is Cc1ccc(S(=O)(=O)Oc2cccc(/C=C3\SC(=O)N(Cc4cccc(C)c4)C3=O)c2)cc1. The zero-order chi connectivity index (χ0) is 23.6. The number of carbonyl (C=O) groups is 2. The van der Waals surface area contributed by atoms with E-state index in [1.165, 1.54) is 29.2 Å². The molecule has 3 aromatic rings. The summed E-state index contributed by atoms with van der Waals surface area (Å²) in [6, 6.07) is 20.4. The summed E-state index contributed by atoms with van der Waals surface area (Å²) in [5.74, 6) is -0.270. The first-order chi connectivity index (χ1) is 15.7. The highest BCUT2D eigenvalue weighted by molar-refractivity contribution is 8.18. The second kappa shape index (κ2) is 9.25. The molecule has 4 rings (SSSR count). The minimum atomic E-state index is -4.00. The first kappa shape index (κ1) is 22.8. The van der Waals surface area contributed by atoms with E-state index in [1.54, 1.807) is 30.3 Å². The molecule has 3 aromatic carbocycles. The number of imide groups is 1. The number of amides is 2. The lowest BCUT2D eigenvalue weighted by atomic mass is 10.1. The van der Waals surface area contributed by atoms with Gasteiger partial charge in [-0.05, 0) is 67.1 Å². The van der Waals surface area contributed by atoms with E-state index in [0.29, 0.717) is 5.56 Å². The zero-order valence-electron chi connectivity index (χ0n) is 18.0. The average molecular weight is 480 g/mol. The minimum absolute atomic E-state index is 0.0516. The Balaban J connectivity index is 1.52. The van der Waals surface area contributed by atoms with Crippen molar-refractivity contribution < 1.29 is 22.2 Å². The third-order valence-corrected chi connectivity index (χ3v) is 7.14. The fourth-order valence-electron chi connectivity index (χ4n) is 3.32. The first-order valence-corrected chi connectivity index (χ1v) is 12.4. The Morgan fingerprint density at radius 1 is 0.909 bits per heavy atom. The lowest BCUT2D eigenvalue weighted by Gasteiger charge is -2.12. The molecule has 33 heavy (non-hydrogen) atoms. The van der Waals surface area contributed by atoms with Crippen LogP contribution < -0.4 is 4.18 Å². The number of carbonyl (C=O) groups excluding carboxylic acids is 2. The van der Waals surface area contributed by atoms with Crippen LogP contribution in [-0.2, 0) is 21.5 Å². The molecule has 2 amide bonds. The van der Waals surface area contributed by atoms with Crippen molar-refractivity contribution in [3.8, 4) is 5.75 Å². The molecule has 0 unspecified atom stereocenters. The van der Waals surface area contributed by atoms with Crippen molar-refractivity contribution in [1.29, 1.82) is 0 Å². The molecule has 1 aliphatic rings. The summed E-state index contributed by atoms with van der Waals surface area (Å²) in [7, 11) is -4.00. The van der Waals surface area contributed by atoms with Crippen LogP contribution in [0, 0.1) is 13.8 Å². The second-order valence-electron chi connectivity index (χ2n) is 7.68. The van der Waals surface area contributed by atoms with Gasteiger partial charge in [0.1, 0.15) is 10.6 Å². The Bertz CT molecular complexity index is 1360. The largest absolute Gasteiger partial charge is 0.379 e. The minimum Gasteiger partial charge on any atom is -0.379 e. The van der Waals surface area contributed by atoms with Crippen molar-refractivity contribution in [3.63, 3.8) is 0 Å². The standard InChI is InChI=1S/C25H21NO5S2/c1-17-9-11-22(12-10-17)33(29,30)31-21-8-4-6-19(14-21)15-23-24(27)26(25(28)32-23)16-20-7-3-5-18(2)13-20/h3-15H,16H2,1-2H3/b23-15-. The molecule has 168 valence electrons. The summed E-state index contributed by atoms with van der Waals surface area (Å²) >= 11 is 0.857. The van der Waals surface area contributed by atoms with Gasteiger partial charge in [0.2, 0.25) is 0 Å². The molecule has 1 fully saturated rings. The van der Waals surface area contributed by atoms with Gasteiger partial charge < -0.3 is 4.18 Å². The van der Waals surface area contributed by atoms with Crippen LogP contribution in [0.5, 0.6) is 5.75 Å². The van der Waals surface area contributed by atoms with Gasteiger partial charge in [-0.25, -0.2) is 0 Å². The van der Waals surface area contributed by atoms with Crippen molar-refractivity contribution in [1.82, 2.24) is 4.90 Å². The van der Waals surface area contributed by atoms with Crippen molar-refractivity contribution in [2.75, 3.05) is 0 Å². The summed E-state index contributed by atoms with van der Waals surface area (Å²) in [6.07, 6.45) is 1.56. The van der Waals surface area contributed by atoms with Gasteiger partial charge in [-0.15, -0.1) is 0 Å². The van der Waals surface area contributed by atoms with Crippen LogP contribution in [0.1, 0.15) is 22.3 Å². The molecule has 0 bridgehead atoms. The van der Waals surface area contributed by atoms with Crippen molar-refractivity contribution >= 4 is 39.1 Å². The second-order valence-corrected chi connectivity index (χ2v) is 10.2. The van der Waals surface area contributed by atoms with Gasteiger partial charge in [0.25, 0.3) is 11.1 Å². The number of aryl methyl sites for hydroxylation is 2. The molecule has 1 saturated heterocycles. The third-order valence-electron chi connectivity index (χ3n) is 4.97. The molecule has 0 spiro atoms. The Morgan fingerprint density at radius 2 is 1.64 bits per heavy atom. The Hall–Kier alpha value is -3.36. The monoisotopic (exact) mass is 479 g/mol. The van der Waals surface area contributed by atoms with E-state index in [2.05, 4.69) is 0 Å². The first-order valence-electron chi connectivity index (χ1n) is 10.1. The number of rotatable bonds is 6. The van der Waals surface area contributed by atoms with E-state index < -0.39 is 10.1 Å². The average Bonchev–Trinajstić information content (AvgIpc) is 3.01. The zero-order valence-corrected chi connectivity index (χ0v) is 19.7. The topological polar surface area (TPSA) is 80.8 Å². The Kier molecular flexibility index (Phi) is 6.40. The van der Waals surface area contributed by atoms with Crippen LogP contribution in [0.3, 0.4) is 0 Å². The maximum atomic E-state index is 12.8. The highest BCUT2D eigenvalue weighted by atomic mass is 32.2. The fraction of sp³-hybridized carbons (Fsp3) is 0.120. The van der Waals surface area contributed by atoms with Gasteiger partial charge in [0.15, 0.2) is 0 Å². The highest BCUT2D eigenvalue weighted by Crippen LogP contribution is 2.34. The summed E-state index contributed by atoms with van der Waals surface area (Å²) in [6.45, 7) is 4.01. The molecule has 1 heterocycles. The molecule has 0 aliphatic carbocycles. The number of nitrogens with zero attached hydrogens (tertiary/aromatic N) is 1. The molecule has 6 nitrogen and oxygen atoms in total. The molecule has 1 aliphatic heterocycles. The van der Waals surface area contributed by atoms with Gasteiger partial charge in [0.05, 0.1) is 11.4 Å². The van der Waals surface area contributed by atoms with Crippen molar-refractivity contribution in [3.05, 3.63) is 100.0 Å². The molecule has 0 aromatic heterocycles. The highest BCUT2D eigenvalue weighted by Gasteiger charge is 2.35. The van der Waals surface area contributed by atoms with Crippen LogP contribution in [-0.4, -0.2) is 24.5 Å². The molecule has 0 N–H and O–H groups in total. The third kappa shape index (κ3) is 5.35. The van der Waals surface area contributed by atoms with Crippen molar-refractivity contribution in [2.24, 2.45) is 0 Å². The number of hydrogen-bond donors (Lipinski definition) is 0. The van der Waals surface area contributed by atoms with Gasteiger partial charge in [-0.1, -0.05) is 59.7 Å². The van der Waals surface area contributed by atoms with Gasteiger partial charge in [-0.3, -0.25) is 14.5 Å². The fourth-order valence-corrected chi connectivity index (χ4v) is 5.08. The normalized spacial score (nSPS) is 15.3. The Morgan fingerprint density at radius 3 is 2.36 bits per heavy atom. The van der Waals surface area contributed by atoms with E-state index in [9.17, 15) is 18.0 Å². The van der Waals surface area contributed by atoms with Crippen LogP contribution in [0.2, 0.25) is 0 Å².